The van der Waals surface area contributed by atoms with Gasteiger partial charge in [-0.05, 0) is 24.3 Å². The molecule has 0 atom stereocenters. The quantitative estimate of drug-likeness (QED) is 0.798. The van der Waals surface area contributed by atoms with Crippen molar-refractivity contribution < 1.29 is 4.52 Å². The molecule has 0 aliphatic carbocycles. The molecule has 5 nitrogen and oxygen atoms in total. The van der Waals surface area contributed by atoms with Crippen LogP contribution >= 0.6 is 11.6 Å². The number of hydrogen-bond acceptors (Lipinski definition) is 5. The molecule has 2 aromatic heterocycles. The molecule has 0 bridgehead atoms. The minimum absolute atomic E-state index is 0.433. The third-order valence-electron chi connectivity index (χ3n) is 2.81. The molecule has 0 radical (unpaired) electrons. The molecule has 1 aromatic carbocycles. The highest BCUT2D eigenvalue weighted by Crippen LogP contribution is 2.27. The number of anilines is 1. The zero-order chi connectivity index (χ0) is 13.9. The van der Waals surface area contributed by atoms with E-state index in [-0.39, 0.29) is 0 Å². The minimum atomic E-state index is 0.433. The highest BCUT2D eigenvalue weighted by molar-refractivity contribution is 6.30. The molecule has 0 spiro atoms. The number of pyridine rings is 1. The van der Waals surface area contributed by atoms with Crippen LogP contribution in [0.25, 0.3) is 23.0 Å². The SMILES string of the molecule is CNc1ccccc1-c1nc(-c2ccc(Cl)cn2)no1. The van der Waals surface area contributed by atoms with Crippen molar-refractivity contribution >= 4 is 17.3 Å². The van der Waals surface area contributed by atoms with Gasteiger partial charge in [0, 0.05) is 18.9 Å². The van der Waals surface area contributed by atoms with E-state index >= 15 is 0 Å². The summed E-state index contributed by atoms with van der Waals surface area (Å²) >= 11 is 5.80. The van der Waals surface area contributed by atoms with Crippen molar-refractivity contribution in [2.75, 3.05) is 12.4 Å². The van der Waals surface area contributed by atoms with E-state index in [0.29, 0.717) is 22.4 Å². The van der Waals surface area contributed by atoms with Crippen LogP contribution in [0.2, 0.25) is 5.02 Å². The first-order chi connectivity index (χ1) is 9.78. The molecule has 1 N–H and O–H groups in total. The predicted molar refractivity (Wildman–Crippen MR) is 77.5 cm³/mol. The first kappa shape index (κ1) is 12.6. The van der Waals surface area contributed by atoms with Crippen LogP contribution in [0.3, 0.4) is 0 Å². The lowest BCUT2D eigenvalue weighted by Crippen LogP contribution is -1.91. The van der Waals surface area contributed by atoms with Crippen molar-refractivity contribution in [3.05, 3.63) is 47.6 Å². The molecule has 0 aliphatic heterocycles. The standard InChI is InChI=1S/C14H11ClN4O/c1-16-11-5-3-2-4-10(11)14-18-13(19-20-14)12-7-6-9(15)8-17-12/h2-8,16H,1H3. The largest absolute Gasteiger partial charge is 0.387 e. The predicted octanol–water partition coefficient (Wildman–Crippen LogP) is 3.49. The molecule has 20 heavy (non-hydrogen) atoms. The summed E-state index contributed by atoms with van der Waals surface area (Å²) in [5.41, 5.74) is 2.39. The zero-order valence-corrected chi connectivity index (χ0v) is 11.4. The van der Waals surface area contributed by atoms with E-state index in [1.54, 1.807) is 18.3 Å². The van der Waals surface area contributed by atoms with Gasteiger partial charge in [-0.1, -0.05) is 28.9 Å². The van der Waals surface area contributed by atoms with Crippen LogP contribution in [-0.4, -0.2) is 22.2 Å². The molecule has 3 aromatic rings. The van der Waals surface area contributed by atoms with E-state index in [2.05, 4.69) is 20.4 Å². The van der Waals surface area contributed by atoms with Crippen LogP contribution in [-0.2, 0) is 0 Å². The van der Waals surface area contributed by atoms with Gasteiger partial charge in [0.1, 0.15) is 5.69 Å². The van der Waals surface area contributed by atoms with Gasteiger partial charge in [0.25, 0.3) is 5.89 Å². The Labute approximate surface area is 120 Å². The minimum Gasteiger partial charge on any atom is -0.387 e. The second-order valence-electron chi connectivity index (χ2n) is 4.08. The number of benzene rings is 1. The second kappa shape index (κ2) is 5.30. The van der Waals surface area contributed by atoms with Crippen LogP contribution in [0.1, 0.15) is 0 Å². The van der Waals surface area contributed by atoms with Gasteiger partial charge in [0.15, 0.2) is 0 Å². The van der Waals surface area contributed by atoms with Gasteiger partial charge in [-0.15, -0.1) is 0 Å². The highest BCUT2D eigenvalue weighted by atomic mass is 35.5. The number of para-hydroxylation sites is 1. The summed E-state index contributed by atoms with van der Waals surface area (Å²) in [6.07, 6.45) is 1.55. The van der Waals surface area contributed by atoms with E-state index in [4.69, 9.17) is 16.1 Å². The smallest absolute Gasteiger partial charge is 0.260 e. The van der Waals surface area contributed by atoms with Gasteiger partial charge in [0.2, 0.25) is 5.82 Å². The lowest BCUT2D eigenvalue weighted by molar-refractivity contribution is 0.432. The molecule has 2 heterocycles. The Hall–Kier alpha value is -2.40. The average molecular weight is 287 g/mol. The zero-order valence-electron chi connectivity index (χ0n) is 10.7. The van der Waals surface area contributed by atoms with E-state index in [9.17, 15) is 0 Å². The lowest BCUT2D eigenvalue weighted by Gasteiger charge is -2.03. The Kier molecular flexibility index (Phi) is 3.35. The number of halogens is 1. The van der Waals surface area contributed by atoms with Crippen molar-refractivity contribution in [3.63, 3.8) is 0 Å². The van der Waals surface area contributed by atoms with E-state index in [1.165, 1.54) is 0 Å². The van der Waals surface area contributed by atoms with Crippen LogP contribution in [0.5, 0.6) is 0 Å². The van der Waals surface area contributed by atoms with Crippen LogP contribution in [0, 0.1) is 0 Å². The van der Waals surface area contributed by atoms with Crippen LogP contribution in [0.4, 0.5) is 5.69 Å². The van der Waals surface area contributed by atoms with E-state index in [1.807, 2.05) is 31.3 Å². The molecular weight excluding hydrogens is 276 g/mol. The van der Waals surface area contributed by atoms with Crippen LogP contribution in [0.15, 0.2) is 47.1 Å². The lowest BCUT2D eigenvalue weighted by atomic mass is 10.2. The highest BCUT2D eigenvalue weighted by Gasteiger charge is 2.13. The van der Waals surface area contributed by atoms with Gasteiger partial charge in [0.05, 0.1) is 10.6 Å². The molecule has 0 saturated heterocycles. The van der Waals surface area contributed by atoms with Crippen molar-refractivity contribution in [3.8, 4) is 23.0 Å². The summed E-state index contributed by atoms with van der Waals surface area (Å²) in [6, 6.07) is 11.2. The van der Waals surface area contributed by atoms with Crippen LogP contribution < -0.4 is 5.32 Å². The fourth-order valence-electron chi connectivity index (χ4n) is 1.83. The van der Waals surface area contributed by atoms with Crippen molar-refractivity contribution in [1.82, 2.24) is 15.1 Å². The Bertz CT molecular complexity index is 724. The second-order valence-corrected chi connectivity index (χ2v) is 4.52. The fourth-order valence-corrected chi connectivity index (χ4v) is 1.94. The monoisotopic (exact) mass is 286 g/mol. The third-order valence-corrected chi connectivity index (χ3v) is 3.03. The Balaban J connectivity index is 2.00. The average Bonchev–Trinajstić information content (AvgIpc) is 2.97. The molecule has 0 unspecified atom stereocenters. The van der Waals surface area contributed by atoms with Gasteiger partial charge in [-0.3, -0.25) is 4.98 Å². The van der Waals surface area contributed by atoms with Gasteiger partial charge < -0.3 is 9.84 Å². The van der Waals surface area contributed by atoms with E-state index < -0.39 is 0 Å². The number of aromatic nitrogens is 3. The molecule has 0 aliphatic rings. The topological polar surface area (TPSA) is 63.8 Å². The molecule has 100 valence electrons. The summed E-state index contributed by atoms with van der Waals surface area (Å²) in [7, 11) is 1.84. The Morgan fingerprint density at radius 2 is 2.00 bits per heavy atom. The number of rotatable bonds is 3. The first-order valence-corrected chi connectivity index (χ1v) is 6.38. The summed E-state index contributed by atoms with van der Waals surface area (Å²) in [5.74, 6) is 0.879. The molecule has 0 amide bonds. The van der Waals surface area contributed by atoms with Gasteiger partial charge in [-0.25, -0.2) is 0 Å². The maximum Gasteiger partial charge on any atom is 0.260 e. The van der Waals surface area contributed by atoms with Gasteiger partial charge in [-0.2, -0.15) is 4.98 Å². The molecular formula is C14H11ClN4O. The number of hydrogen-bond donors (Lipinski definition) is 1. The summed E-state index contributed by atoms with van der Waals surface area (Å²) < 4.78 is 5.30. The maximum absolute atomic E-state index is 5.80. The normalized spacial score (nSPS) is 10.5. The first-order valence-electron chi connectivity index (χ1n) is 6.01. The van der Waals surface area contributed by atoms with Gasteiger partial charge >= 0.3 is 0 Å². The van der Waals surface area contributed by atoms with Crippen molar-refractivity contribution in [2.45, 2.75) is 0 Å². The Morgan fingerprint density at radius 3 is 2.75 bits per heavy atom. The molecule has 0 saturated carbocycles. The third kappa shape index (κ3) is 2.35. The Morgan fingerprint density at radius 1 is 1.15 bits per heavy atom. The van der Waals surface area contributed by atoms with Crippen molar-refractivity contribution in [1.29, 1.82) is 0 Å². The summed E-state index contributed by atoms with van der Waals surface area (Å²) in [4.78, 5) is 8.53. The molecule has 0 fully saturated rings. The number of nitrogens with one attached hydrogen (secondary N) is 1. The number of nitrogens with zero attached hydrogens (tertiary/aromatic N) is 3. The molecule has 3 rings (SSSR count). The summed E-state index contributed by atoms with van der Waals surface area (Å²) in [6.45, 7) is 0. The fraction of sp³-hybridized carbons (Fsp3) is 0.0714. The molecule has 6 heteroatoms. The summed E-state index contributed by atoms with van der Waals surface area (Å²) in [5, 5.41) is 7.61. The van der Waals surface area contributed by atoms with E-state index in [0.717, 1.165) is 11.3 Å². The maximum atomic E-state index is 5.80. The van der Waals surface area contributed by atoms with Crippen molar-refractivity contribution in [2.24, 2.45) is 0 Å².